The minimum absolute atomic E-state index is 0.165. The lowest BCUT2D eigenvalue weighted by molar-refractivity contribution is -0.161. The monoisotopic (exact) mass is 1070 g/mol. The molecular formula is C62H117O11P. The normalized spacial score (nSPS) is 13.4. The maximum absolute atomic E-state index is 12.9. The summed E-state index contributed by atoms with van der Waals surface area (Å²) in [6.07, 6.45) is 58.4. The summed E-state index contributed by atoms with van der Waals surface area (Å²) in [7, 11) is -4.75. The van der Waals surface area contributed by atoms with Crippen LogP contribution >= 0.6 is 7.82 Å². The topological polar surface area (TPSA) is 155 Å². The summed E-state index contributed by atoms with van der Waals surface area (Å²) >= 11 is 0. The number of hydrogen-bond acceptors (Lipinski definition) is 10. The van der Waals surface area contributed by atoms with Gasteiger partial charge in [-0.25, -0.2) is 4.57 Å². The van der Waals surface area contributed by atoms with Crippen molar-refractivity contribution in [2.24, 2.45) is 0 Å². The van der Waals surface area contributed by atoms with E-state index in [4.69, 9.17) is 23.3 Å². The fraction of sp³-hybridized carbons (Fsp3) is 0.887. The van der Waals surface area contributed by atoms with E-state index in [-0.39, 0.29) is 25.9 Å². The maximum atomic E-state index is 12.9. The second-order valence-electron chi connectivity index (χ2n) is 21.2. The van der Waals surface area contributed by atoms with Gasteiger partial charge in [-0.1, -0.05) is 276 Å². The maximum Gasteiger partial charge on any atom is 0.472 e. The molecule has 2 N–H and O–H groups in total. The summed E-state index contributed by atoms with van der Waals surface area (Å²) < 4.78 is 39.6. The van der Waals surface area contributed by atoms with Gasteiger partial charge in [-0.2, -0.15) is 0 Å². The Labute approximate surface area is 455 Å². The molecule has 0 amide bonds. The summed E-state index contributed by atoms with van der Waals surface area (Å²) in [5.74, 6) is -1.45. The number of phosphoric acid groups is 1. The summed E-state index contributed by atoms with van der Waals surface area (Å²) in [4.78, 5) is 48.6. The van der Waals surface area contributed by atoms with E-state index in [1.54, 1.807) is 0 Å². The lowest BCUT2D eigenvalue weighted by Gasteiger charge is -2.21. The lowest BCUT2D eigenvalue weighted by atomic mass is 10.0. The van der Waals surface area contributed by atoms with E-state index in [1.165, 1.54) is 173 Å². The van der Waals surface area contributed by atoms with Gasteiger partial charge in [0.2, 0.25) is 0 Å². The molecule has 0 saturated heterocycles. The molecule has 0 fully saturated rings. The highest BCUT2D eigenvalue weighted by molar-refractivity contribution is 7.47. The van der Waals surface area contributed by atoms with E-state index >= 15 is 0 Å². The fourth-order valence-corrected chi connectivity index (χ4v) is 9.89. The third kappa shape index (κ3) is 54.7. The molecule has 0 bridgehead atoms. The standard InChI is InChI=1S/C62H117O11P/c1-4-7-10-13-16-19-22-25-27-29-31-34-36-39-42-45-48-51-60(64)69-55-59(73-62(66)53-50-47-44-41-38-35-32-30-28-26-23-20-17-14-11-8-5-2)57-71-74(67,68)70-56-58(54-63)72-61(65)52-49-46-43-40-37-33-24-21-18-15-12-9-6-3/h12,15,21,24,58-59,63H,4-11,13-14,16-20,22-23,25-57H2,1-3H3,(H,67,68)/b15-12-,24-21-. The van der Waals surface area contributed by atoms with E-state index in [0.29, 0.717) is 19.3 Å². The predicted molar refractivity (Wildman–Crippen MR) is 307 cm³/mol. The van der Waals surface area contributed by atoms with Crippen LogP contribution in [-0.4, -0.2) is 66.5 Å². The minimum atomic E-state index is -4.75. The molecule has 12 heteroatoms. The van der Waals surface area contributed by atoms with Crippen molar-refractivity contribution in [1.29, 1.82) is 0 Å². The van der Waals surface area contributed by atoms with E-state index in [2.05, 4.69) is 45.1 Å². The van der Waals surface area contributed by atoms with Gasteiger partial charge in [-0.15, -0.1) is 0 Å². The van der Waals surface area contributed by atoms with Crippen LogP contribution < -0.4 is 0 Å². The number of carbonyl (C=O) groups is 3. The molecule has 0 aliphatic carbocycles. The van der Waals surface area contributed by atoms with Gasteiger partial charge in [-0.3, -0.25) is 23.4 Å². The van der Waals surface area contributed by atoms with E-state index < -0.39 is 57.8 Å². The van der Waals surface area contributed by atoms with Crippen LogP contribution in [0.2, 0.25) is 0 Å². The number of aliphatic hydroxyl groups is 1. The van der Waals surface area contributed by atoms with Crippen molar-refractivity contribution in [3.8, 4) is 0 Å². The molecule has 0 radical (unpaired) electrons. The molecule has 0 aromatic carbocycles. The molecule has 0 aliphatic heterocycles. The Hall–Kier alpha value is -2.04. The SMILES string of the molecule is CCC/C=C\C/C=C\CCCCCCCC(=O)OC(CO)COP(=O)(O)OCC(COC(=O)CCCCCCCCCCCCCCCCCCC)OC(=O)CCCCCCCCCCCCCCCCCCC. The second-order valence-corrected chi connectivity index (χ2v) is 22.7. The third-order valence-corrected chi connectivity index (χ3v) is 14.8. The Morgan fingerprint density at radius 2 is 0.689 bits per heavy atom. The molecule has 3 atom stereocenters. The number of esters is 3. The molecule has 0 aliphatic rings. The smallest absolute Gasteiger partial charge is 0.462 e. The van der Waals surface area contributed by atoms with Crippen molar-refractivity contribution in [3.05, 3.63) is 24.3 Å². The largest absolute Gasteiger partial charge is 0.472 e. The van der Waals surface area contributed by atoms with Gasteiger partial charge < -0.3 is 24.2 Å². The quantitative estimate of drug-likeness (QED) is 0.0197. The van der Waals surface area contributed by atoms with Gasteiger partial charge in [0.05, 0.1) is 19.8 Å². The number of aliphatic hydroxyl groups excluding tert-OH is 1. The Morgan fingerprint density at radius 3 is 1.05 bits per heavy atom. The van der Waals surface area contributed by atoms with Crippen LogP contribution in [0.4, 0.5) is 0 Å². The number of ether oxygens (including phenoxy) is 3. The minimum Gasteiger partial charge on any atom is -0.462 e. The van der Waals surface area contributed by atoms with Crippen molar-refractivity contribution in [2.75, 3.05) is 26.4 Å². The highest BCUT2D eigenvalue weighted by Gasteiger charge is 2.28. The molecule has 3 unspecified atom stereocenters. The number of carbonyl (C=O) groups excluding carboxylic acids is 3. The van der Waals surface area contributed by atoms with Crippen LogP contribution in [0, 0.1) is 0 Å². The molecule has 0 aromatic heterocycles. The van der Waals surface area contributed by atoms with Gasteiger partial charge in [0.15, 0.2) is 6.10 Å². The first kappa shape index (κ1) is 72.0. The first-order valence-corrected chi connectivity index (χ1v) is 32.7. The van der Waals surface area contributed by atoms with Crippen molar-refractivity contribution >= 4 is 25.7 Å². The first-order chi connectivity index (χ1) is 36.2. The summed E-state index contributed by atoms with van der Waals surface area (Å²) in [5.41, 5.74) is 0. The number of unbranched alkanes of at least 4 members (excludes halogenated alkanes) is 38. The summed E-state index contributed by atoms with van der Waals surface area (Å²) in [6, 6.07) is 0. The van der Waals surface area contributed by atoms with Crippen LogP contribution in [-0.2, 0) is 42.2 Å². The zero-order valence-electron chi connectivity index (χ0n) is 48.3. The van der Waals surface area contributed by atoms with Gasteiger partial charge in [-0.05, 0) is 44.9 Å². The average Bonchev–Trinajstić information content (AvgIpc) is 3.39. The van der Waals surface area contributed by atoms with E-state index in [0.717, 1.165) is 83.5 Å². The molecule has 74 heavy (non-hydrogen) atoms. The molecule has 11 nitrogen and oxygen atoms in total. The molecule has 436 valence electrons. The van der Waals surface area contributed by atoms with E-state index in [9.17, 15) is 28.9 Å². The number of rotatable bonds is 59. The van der Waals surface area contributed by atoms with Crippen LogP contribution in [0.25, 0.3) is 0 Å². The lowest BCUT2D eigenvalue weighted by Crippen LogP contribution is -2.30. The van der Waals surface area contributed by atoms with Crippen molar-refractivity contribution in [2.45, 2.75) is 328 Å². The molecule has 0 rings (SSSR count). The molecule has 0 heterocycles. The Morgan fingerprint density at radius 1 is 0.378 bits per heavy atom. The van der Waals surface area contributed by atoms with Crippen LogP contribution in [0.1, 0.15) is 316 Å². The summed E-state index contributed by atoms with van der Waals surface area (Å²) in [5, 5.41) is 9.82. The van der Waals surface area contributed by atoms with Gasteiger partial charge in [0.25, 0.3) is 0 Å². The zero-order chi connectivity index (χ0) is 54.1. The molecular weight excluding hydrogens is 952 g/mol. The van der Waals surface area contributed by atoms with Gasteiger partial charge in [0, 0.05) is 19.3 Å². The van der Waals surface area contributed by atoms with Crippen LogP contribution in [0.3, 0.4) is 0 Å². The molecule has 0 saturated carbocycles. The first-order valence-electron chi connectivity index (χ1n) is 31.2. The Bertz CT molecular complexity index is 1340. The highest BCUT2D eigenvalue weighted by Crippen LogP contribution is 2.43. The van der Waals surface area contributed by atoms with Gasteiger partial charge in [0.1, 0.15) is 12.7 Å². The Kier molecular flexibility index (Phi) is 55.6. The van der Waals surface area contributed by atoms with E-state index in [1.807, 2.05) is 0 Å². The number of allylic oxidation sites excluding steroid dienone is 4. The fourth-order valence-electron chi connectivity index (χ4n) is 9.10. The molecule has 0 aromatic rings. The highest BCUT2D eigenvalue weighted by atomic mass is 31.2. The average molecular weight is 1070 g/mol. The second kappa shape index (κ2) is 57.1. The van der Waals surface area contributed by atoms with Gasteiger partial charge >= 0.3 is 25.7 Å². The van der Waals surface area contributed by atoms with Crippen molar-refractivity contribution in [3.63, 3.8) is 0 Å². The number of phosphoric ester groups is 1. The Balaban J connectivity index is 4.67. The van der Waals surface area contributed by atoms with Crippen LogP contribution in [0.15, 0.2) is 24.3 Å². The van der Waals surface area contributed by atoms with Crippen molar-refractivity contribution in [1.82, 2.24) is 0 Å². The molecule has 0 spiro atoms. The zero-order valence-corrected chi connectivity index (χ0v) is 49.2. The predicted octanol–water partition coefficient (Wildman–Crippen LogP) is 18.6. The van der Waals surface area contributed by atoms with Crippen molar-refractivity contribution < 1.29 is 52.2 Å². The third-order valence-electron chi connectivity index (χ3n) is 13.9. The summed E-state index contributed by atoms with van der Waals surface area (Å²) in [6.45, 7) is 4.64. The number of hydrogen-bond donors (Lipinski definition) is 2. The van der Waals surface area contributed by atoms with Crippen LogP contribution in [0.5, 0.6) is 0 Å².